The predicted octanol–water partition coefficient (Wildman–Crippen LogP) is 3.88. The molecule has 1 amide bonds. The van der Waals surface area contributed by atoms with Crippen LogP contribution in [0.2, 0.25) is 0 Å². The van der Waals surface area contributed by atoms with E-state index in [2.05, 4.69) is 32.5 Å². The van der Waals surface area contributed by atoms with Crippen LogP contribution in [0.4, 0.5) is 13.2 Å². The Balaban J connectivity index is 1.40. The number of amides is 1. The van der Waals surface area contributed by atoms with Crippen LogP contribution in [-0.4, -0.2) is 52.7 Å². The van der Waals surface area contributed by atoms with Gasteiger partial charge in [-0.25, -0.2) is 13.2 Å². The molecule has 0 aliphatic carbocycles. The molecule has 32 heavy (non-hydrogen) atoms. The summed E-state index contributed by atoms with van der Waals surface area (Å²) in [4.78, 5) is 23.8. The van der Waals surface area contributed by atoms with Crippen LogP contribution in [0.3, 0.4) is 0 Å². The summed E-state index contributed by atoms with van der Waals surface area (Å²) in [5.41, 5.74) is 2.71. The molecule has 0 atom stereocenters. The van der Waals surface area contributed by atoms with Crippen LogP contribution >= 0.6 is 22.6 Å². The first-order valence-corrected chi connectivity index (χ1v) is 11.5. The Hall–Kier alpha value is -2.40. The van der Waals surface area contributed by atoms with Gasteiger partial charge >= 0.3 is 0 Å². The van der Waals surface area contributed by atoms with Crippen LogP contribution in [0.25, 0.3) is 0 Å². The Morgan fingerprint density at radius 2 is 1.75 bits per heavy atom. The molecule has 5 nitrogen and oxygen atoms in total. The Morgan fingerprint density at radius 3 is 2.53 bits per heavy atom. The quantitative estimate of drug-likeness (QED) is 0.427. The number of halogens is 4. The monoisotopic (exact) mass is 552 g/mol. The van der Waals surface area contributed by atoms with Gasteiger partial charge in [0, 0.05) is 47.4 Å². The predicted molar refractivity (Wildman–Crippen MR) is 122 cm³/mol. The van der Waals surface area contributed by atoms with Gasteiger partial charge in [0.25, 0.3) is 5.91 Å². The third-order valence-corrected chi connectivity index (χ3v) is 6.77. The molecule has 0 fully saturated rings. The molecule has 0 aromatic heterocycles. The minimum absolute atomic E-state index is 0.0791. The van der Waals surface area contributed by atoms with Crippen LogP contribution in [0.15, 0.2) is 52.7 Å². The molecule has 2 aromatic carbocycles. The minimum atomic E-state index is -1.46. The lowest BCUT2D eigenvalue weighted by molar-refractivity contribution is -0.125. The third-order valence-electron chi connectivity index (χ3n) is 6.05. The number of hydrogen-bond donors (Lipinski definition) is 0. The normalized spacial score (nSPS) is 18.8. The molecule has 0 saturated heterocycles. The van der Waals surface area contributed by atoms with Crippen molar-refractivity contribution in [1.29, 1.82) is 0 Å². The fourth-order valence-electron chi connectivity index (χ4n) is 4.45. The van der Waals surface area contributed by atoms with E-state index in [0.29, 0.717) is 44.1 Å². The van der Waals surface area contributed by atoms with Crippen LogP contribution in [0.1, 0.15) is 17.5 Å². The standard InChI is InChI=1S/C23H20F3IN4O/c24-18-6-3-15(20(25)21(18)26)12-29-9-7-19-17(13-29)22(32)31(23-28-8-10-30(19)23)11-14-1-4-16(27)5-2-14/h1-6H,7-13H2. The van der Waals surface area contributed by atoms with E-state index in [1.807, 2.05) is 29.2 Å². The molecule has 0 radical (unpaired) electrons. The second-order valence-electron chi connectivity index (χ2n) is 8.07. The van der Waals surface area contributed by atoms with E-state index in [1.165, 1.54) is 6.07 Å². The minimum Gasteiger partial charge on any atom is -0.314 e. The molecule has 0 N–H and O–H groups in total. The van der Waals surface area contributed by atoms with Crippen molar-refractivity contribution < 1.29 is 18.0 Å². The zero-order valence-electron chi connectivity index (χ0n) is 17.1. The fourth-order valence-corrected chi connectivity index (χ4v) is 4.81. The van der Waals surface area contributed by atoms with Gasteiger partial charge in [0.1, 0.15) is 0 Å². The third kappa shape index (κ3) is 3.81. The molecule has 5 rings (SSSR count). The number of benzene rings is 2. The SMILES string of the molecule is O=C1C2=C(CCN(Cc3ccc(F)c(F)c3F)C2)N2CCN=C2N1Cc1ccc(I)cc1. The average Bonchev–Trinajstić information content (AvgIpc) is 3.28. The highest BCUT2D eigenvalue weighted by molar-refractivity contribution is 14.1. The highest BCUT2D eigenvalue weighted by Crippen LogP contribution is 2.32. The second-order valence-corrected chi connectivity index (χ2v) is 9.32. The summed E-state index contributed by atoms with van der Waals surface area (Å²) in [5, 5.41) is 0. The van der Waals surface area contributed by atoms with Crippen molar-refractivity contribution in [3.8, 4) is 0 Å². The molecular weight excluding hydrogens is 532 g/mol. The lowest BCUT2D eigenvalue weighted by Gasteiger charge is -2.42. The highest BCUT2D eigenvalue weighted by Gasteiger charge is 2.41. The topological polar surface area (TPSA) is 39.2 Å². The van der Waals surface area contributed by atoms with Crippen LogP contribution < -0.4 is 0 Å². The van der Waals surface area contributed by atoms with E-state index >= 15 is 0 Å². The Bertz CT molecular complexity index is 1150. The summed E-state index contributed by atoms with van der Waals surface area (Å²) in [7, 11) is 0. The zero-order valence-corrected chi connectivity index (χ0v) is 19.3. The molecule has 9 heteroatoms. The number of aliphatic imine (C=N–C) groups is 1. The number of carbonyl (C=O) groups is 1. The summed E-state index contributed by atoms with van der Waals surface area (Å²) < 4.78 is 42.2. The summed E-state index contributed by atoms with van der Waals surface area (Å²) in [6.07, 6.45) is 0.614. The summed E-state index contributed by atoms with van der Waals surface area (Å²) in [6, 6.07) is 10.2. The lowest BCUT2D eigenvalue weighted by atomic mass is 10.00. The number of nitrogens with zero attached hydrogens (tertiary/aromatic N) is 4. The first-order chi connectivity index (χ1) is 15.4. The molecule has 0 bridgehead atoms. The van der Waals surface area contributed by atoms with Gasteiger partial charge in [-0.1, -0.05) is 18.2 Å². The van der Waals surface area contributed by atoms with Crippen molar-refractivity contribution in [2.75, 3.05) is 26.2 Å². The largest absolute Gasteiger partial charge is 0.314 e. The maximum atomic E-state index is 14.2. The van der Waals surface area contributed by atoms with Gasteiger partial charge in [0.15, 0.2) is 17.5 Å². The van der Waals surface area contributed by atoms with Gasteiger partial charge in [0.2, 0.25) is 5.96 Å². The molecule has 166 valence electrons. The second kappa shape index (κ2) is 8.51. The molecule has 0 saturated carbocycles. The molecule has 0 unspecified atom stereocenters. The van der Waals surface area contributed by atoms with Gasteiger partial charge in [0.05, 0.1) is 18.7 Å². The van der Waals surface area contributed by atoms with Gasteiger partial charge < -0.3 is 4.90 Å². The molecular formula is C23H20F3IN4O. The number of guanidine groups is 1. The number of carbonyl (C=O) groups excluding carboxylic acids is 1. The van der Waals surface area contributed by atoms with Crippen molar-refractivity contribution in [2.24, 2.45) is 4.99 Å². The van der Waals surface area contributed by atoms with Crippen molar-refractivity contribution in [3.63, 3.8) is 0 Å². The molecule has 3 aliphatic rings. The van der Waals surface area contributed by atoms with E-state index in [1.54, 1.807) is 4.90 Å². The van der Waals surface area contributed by atoms with Crippen LogP contribution in [0, 0.1) is 21.0 Å². The summed E-state index contributed by atoms with van der Waals surface area (Å²) in [6.45, 7) is 2.78. The van der Waals surface area contributed by atoms with Gasteiger partial charge in [-0.3, -0.25) is 19.6 Å². The fraction of sp³-hybridized carbons (Fsp3) is 0.304. The highest BCUT2D eigenvalue weighted by atomic mass is 127. The van der Waals surface area contributed by atoms with E-state index < -0.39 is 17.5 Å². The van der Waals surface area contributed by atoms with E-state index in [0.717, 1.165) is 27.4 Å². The average molecular weight is 552 g/mol. The maximum absolute atomic E-state index is 14.2. The van der Waals surface area contributed by atoms with Crippen LogP contribution in [-0.2, 0) is 17.9 Å². The van der Waals surface area contributed by atoms with E-state index in [4.69, 9.17) is 0 Å². The first kappa shape index (κ1) is 21.4. The zero-order chi connectivity index (χ0) is 22.4. The van der Waals surface area contributed by atoms with Crippen molar-refractivity contribution in [2.45, 2.75) is 19.5 Å². The van der Waals surface area contributed by atoms with Crippen molar-refractivity contribution in [3.05, 3.63) is 79.8 Å². The van der Waals surface area contributed by atoms with E-state index in [-0.39, 0.29) is 18.0 Å². The Kier molecular flexibility index (Phi) is 5.70. The molecule has 2 aromatic rings. The molecule has 0 spiro atoms. The number of fused-ring (bicyclic) bond motifs is 2. The van der Waals surface area contributed by atoms with Crippen molar-refractivity contribution >= 4 is 34.5 Å². The smallest absolute Gasteiger partial charge is 0.259 e. The number of rotatable bonds is 4. The Morgan fingerprint density at radius 1 is 0.969 bits per heavy atom. The van der Waals surface area contributed by atoms with Gasteiger partial charge in [-0.2, -0.15) is 0 Å². The first-order valence-electron chi connectivity index (χ1n) is 10.4. The maximum Gasteiger partial charge on any atom is 0.259 e. The van der Waals surface area contributed by atoms with E-state index in [9.17, 15) is 18.0 Å². The van der Waals surface area contributed by atoms with Gasteiger partial charge in [-0.15, -0.1) is 0 Å². The van der Waals surface area contributed by atoms with Gasteiger partial charge in [-0.05, 0) is 46.4 Å². The Labute approximate surface area is 197 Å². The lowest BCUT2D eigenvalue weighted by Crippen LogP contribution is -2.53. The van der Waals surface area contributed by atoms with Crippen molar-refractivity contribution in [1.82, 2.24) is 14.7 Å². The molecule has 3 heterocycles. The number of hydrogen-bond acceptors (Lipinski definition) is 4. The summed E-state index contributed by atoms with van der Waals surface area (Å²) >= 11 is 2.24. The summed E-state index contributed by atoms with van der Waals surface area (Å²) in [5.74, 6) is -3.26. The molecule has 3 aliphatic heterocycles. The van der Waals surface area contributed by atoms with Crippen LogP contribution in [0.5, 0.6) is 0 Å².